The average molecular weight is 193 g/mol. The zero-order valence-corrected chi connectivity index (χ0v) is 7.70. The van der Waals surface area contributed by atoms with Gasteiger partial charge in [-0.15, -0.1) is 0 Å². The molecule has 14 heavy (non-hydrogen) atoms. The van der Waals surface area contributed by atoms with Crippen molar-refractivity contribution in [1.82, 2.24) is 5.43 Å². The molecule has 0 aromatic heterocycles. The second kappa shape index (κ2) is 4.38. The lowest BCUT2D eigenvalue weighted by Gasteiger charge is -2.03. The summed E-state index contributed by atoms with van der Waals surface area (Å²) in [4.78, 5) is 21.7. The number of nitrogens with two attached hydrogens (primary N) is 1. The van der Waals surface area contributed by atoms with E-state index in [0.717, 1.165) is 0 Å². The molecule has 4 N–H and O–H groups in total. The zero-order chi connectivity index (χ0) is 10.6. The summed E-state index contributed by atoms with van der Waals surface area (Å²) in [5, 5.41) is 2.47. The second-order valence-corrected chi connectivity index (χ2v) is 2.73. The van der Waals surface area contributed by atoms with Gasteiger partial charge < -0.3 is 5.32 Å². The van der Waals surface area contributed by atoms with Crippen molar-refractivity contribution in [3.05, 3.63) is 29.8 Å². The first-order valence-electron chi connectivity index (χ1n) is 4.02. The first kappa shape index (κ1) is 10.2. The Bertz CT molecular complexity index is 346. The van der Waals surface area contributed by atoms with Gasteiger partial charge in [0.1, 0.15) is 0 Å². The van der Waals surface area contributed by atoms with Gasteiger partial charge in [0.25, 0.3) is 0 Å². The van der Waals surface area contributed by atoms with Crippen LogP contribution in [-0.2, 0) is 0 Å². The molecule has 0 saturated heterocycles. The molecule has 0 saturated carbocycles. The topological polar surface area (TPSA) is 84.2 Å². The van der Waals surface area contributed by atoms with E-state index in [0.29, 0.717) is 11.3 Å². The third-order valence-corrected chi connectivity index (χ3v) is 1.68. The standard InChI is InChI=1S/C9H11N3O2/c1-6(13)7-2-4-8(5-3-7)11-9(14)12-10/h2-5H,10H2,1H3,(H2,11,12,14). The number of hydrazine groups is 1. The minimum atomic E-state index is -0.499. The summed E-state index contributed by atoms with van der Waals surface area (Å²) in [6.07, 6.45) is 0. The Balaban J connectivity index is 2.73. The molecule has 0 unspecified atom stereocenters. The number of hydrogen-bond donors (Lipinski definition) is 3. The van der Waals surface area contributed by atoms with E-state index in [1.54, 1.807) is 24.3 Å². The van der Waals surface area contributed by atoms with E-state index in [2.05, 4.69) is 5.32 Å². The molecule has 74 valence electrons. The Morgan fingerprint density at radius 3 is 2.21 bits per heavy atom. The van der Waals surface area contributed by atoms with Crippen molar-refractivity contribution in [1.29, 1.82) is 0 Å². The fourth-order valence-electron chi connectivity index (χ4n) is 0.955. The lowest BCUT2D eigenvalue weighted by molar-refractivity contribution is 0.101. The number of ketones is 1. The van der Waals surface area contributed by atoms with Crippen LogP contribution in [0.25, 0.3) is 0 Å². The molecule has 2 amide bonds. The lowest BCUT2D eigenvalue weighted by atomic mass is 10.1. The van der Waals surface area contributed by atoms with Gasteiger partial charge in [-0.25, -0.2) is 10.6 Å². The summed E-state index contributed by atoms with van der Waals surface area (Å²) in [6.45, 7) is 1.48. The van der Waals surface area contributed by atoms with Crippen LogP contribution >= 0.6 is 0 Å². The van der Waals surface area contributed by atoms with Gasteiger partial charge in [-0.05, 0) is 31.2 Å². The number of amides is 2. The van der Waals surface area contributed by atoms with E-state index in [4.69, 9.17) is 5.84 Å². The minimum absolute atomic E-state index is 0.0140. The molecule has 1 aromatic rings. The van der Waals surface area contributed by atoms with Crippen LogP contribution in [-0.4, -0.2) is 11.8 Å². The molecular weight excluding hydrogens is 182 g/mol. The van der Waals surface area contributed by atoms with Gasteiger partial charge in [0.2, 0.25) is 0 Å². The van der Waals surface area contributed by atoms with E-state index in [1.807, 2.05) is 5.43 Å². The number of urea groups is 1. The van der Waals surface area contributed by atoms with Crippen molar-refractivity contribution >= 4 is 17.5 Å². The number of Topliss-reactive ketones (excluding diaryl/α,β-unsaturated/α-hetero) is 1. The Morgan fingerprint density at radius 2 is 1.79 bits per heavy atom. The SMILES string of the molecule is CC(=O)c1ccc(NC(=O)NN)cc1. The van der Waals surface area contributed by atoms with E-state index in [1.165, 1.54) is 6.92 Å². The monoisotopic (exact) mass is 193 g/mol. The fourth-order valence-corrected chi connectivity index (χ4v) is 0.955. The van der Waals surface area contributed by atoms with Crippen LogP contribution in [0.4, 0.5) is 10.5 Å². The van der Waals surface area contributed by atoms with Crippen molar-refractivity contribution in [2.24, 2.45) is 5.84 Å². The van der Waals surface area contributed by atoms with Crippen molar-refractivity contribution in [3.63, 3.8) is 0 Å². The number of anilines is 1. The highest BCUT2D eigenvalue weighted by atomic mass is 16.2. The molecule has 0 heterocycles. The maximum absolute atomic E-state index is 10.9. The first-order chi connectivity index (χ1) is 6.63. The van der Waals surface area contributed by atoms with E-state index >= 15 is 0 Å². The molecule has 0 atom stereocenters. The lowest BCUT2D eigenvalue weighted by Crippen LogP contribution is -2.34. The van der Waals surface area contributed by atoms with Crippen LogP contribution in [0.1, 0.15) is 17.3 Å². The van der Waals surface area contributed by atoms with Crippen LogP contribution in [0.15, 0.2) is 24.3 Å². The van der Waals surface area contributed by atoms with E-state index in [9.17, 15) is 9.59 Å². The highest BCUT2D eigenvalue weighted by Crippen LogP contribution is 2.09. The Morgan fingerprint density at radius 1 is 1.21 bits per heavy atom. The quantitative estimate of drug-likeness (QED) is 0.282. The Kier molecular flexibility index (Phi) is 3.19. The number of rotatable bonds is 2. The van der Waals surface area contributed by atoms with Crippen LogP contribution < -0.4 is 16.6 Å². The van der Waals surface area contributed by atoms with Gasteiger partial charge in [-0.1, -0.05) is 0 Å². The molecule has 0 aliphatic heterocycles. The summed E-state index contributed by atoms with van der Waals surface area (Å²) in [5.74, 6) is 4.87. The number of benzene rings is 1. The first-order valence-corrected chi connectivity index (χ1v) is 4.02. The summed E-state index contributed by atoms with van der Waals surface area (Å²) in [5.41, 5.74) is 3.12. The van der Waals surface area contributed by atoms with Crippen molar-refractivity contribution in [2.45, 2.75) is 6.92 Å². The molecule has 0 bridgehead atoms. The molecule has 0 spiro atoms. The predicted molar refractivity (Wildman–Crippen MR) is 52.8 cm³/mol. The van der Waals surface area contributed by atoms with Crippen LogP contribution in [0.3, 0.4) is 0 Å². The van der Waals surface area contributed by atoms with E-state index < -0.39 is 6.03 Å². The fraction of sp³-hybridized carbons (Fsp3) is 0.111. The highest BCUT2D eigenvalue weighted by Gasteiger charge is 2.00. The molecule has 0 aliphatic rings. The number of carbonyl (C=O) groups is 2. The Labute approximate surface area is 81.3 Å². The summed E-state index contributed by atoms with van der Waals surface area (Å²) >= 11 is 0. The van der Waals surface area contributed by atoms with Crippen LogP contribution in [0.2, 0.25) is 0 Å². The zero-order valence-electron chi connectivity index (χ0n) is 7.70. The number of nitrogens with one attached hydrogen (secondary N) is 2. The molecule has 1 aromatic carbocycles. The number of carbonyl (C=O) groups excluding carboxylic acids is 2. The maximum Gasteiger partial charge on any atom is 0.333 e. The third-order valence-electron chi connectivity index (χ3n) is 1.68. The second-order valence-electron chi connectivity index (χ2n) is 2.73. The minimum Gasteiger partial charge on any atom is -0.307 e. The van der Waals surface area contributed by atoms with Gasteiger partial charge in [0.15, 0.2) is 5.78 Å². The molecule has 1 rings (SSSR count). The summed E-state index contributed by atoms with van der Waals surface area (Å²) < 4.78 is 0. The van der Waals surface area contributed by atoms with Gasteiger partial charge in [-0.2, -0.15) is 0 Å². The number of hydrogen-bond acceptors (Lipinski definition) is 3. The summed E-state index contributed by atoms with van der Waals surface area (Å²) in [6, 6.07) is 6.03. The maximum atomic E-state index is 10.9. The van der Waals surface area contributed by atoms with Crippen LogP contribution in [0, 0.1) is 0 Å². The smallest absolute Gasteiger partial charge is 0.307 e. The van der Waals surface area contributed by atoms with Crippen molar-refractivity contribution < 1.29 is 9.59 Å². The molecule has 0 aliphatic carbocycles. The highest BCUT2D eigenvalue weighted by molar-refractivity contribution is 5.95. The van der Waals surface area contributed by atoms with Crippen molar-refractivity contribution in [3.8, 4) is 0 Å². The average Bonchev–Trinajstić information content (AvgIpc) is 2.18. The third kappa shape index (κ3) is 2.56. The van der Waals surface area contributed by atoms with Gasteiger partial charge in [0.05, 0.1) is 0 Å². The normalized spacial score (nSPS) is 9.29. The van der Waals surface area contributed by atoms with Gasteiger partial charge in [0, 0.05) is 11.3 Å². The molecular formula is C9H11N3O2. The predicted octanol–water partition coefficient (Wildman–Crippen LogP) is 0.884. The largest absolute Gasteiger partial charge is 0.333 e. The molecule has 5 nitrogen and oxygen atoms in total. The Hall–Kier alpha value is -1.88. The van der Waals surface area contributed by atoms with Crippen LogP contribution in [0.5, 0.6) is 0 Å². The van der Waals surface area contributed by atoms with Gasteiger partial charge in [-0.3, -0.25) is 10.2 Å². The van der Waals surface area contributed by atoms with Gasteiger partial charge >= 0.3 is 6.03 Å². The van der Waals surface area contributed by atoms with E-state index in [-0.39, 0.29) is 5.78 Å². The molecule has 0 radical (unpaired) electrons. The summed E-state index contributed by atoms with van der Waals surface area (Å²) in [7, 11) is 0. The van der Waals surface area contributed by atoms with Crippen molar-refractivity contribution in [2.75, 3.05) is 5.32 Å². The molecule has 5 heteroatoms. The molecule has 0 fully saturated rings.